The zero-order valence-electron chi connectivity index (χ0n) is 4.79. The number of ketones is 1. The molecule has 0 fully saturated rings. The maximum atomic E-state index is 10.5. The summed E-state index contributed by atoms with van der Waals surface area (Å²) in [4.78, 5) is 10.5. The Balaban J connectivity index is 2.86. The number of aliphatic hydroxyl groups is 2. The Morgan fingerprint density at radius 2 is 2.33 bits per heavy atom. The Bertz CT molecular complexity index is 179. The summed E-state index contributed by atoms with van der Waals surface area (Å²) in [5.41, 5.74) is 0. The van der Waals surface area contributed by atoms with Crippen molar-refractivity contribution in [1.29, 1.82) is 0 Å². The molecule has 1 aliphatic rings. The van der Waals surface area contributed by atoms with Crippen molar-refractivity contribution in [2.45, 2.75) is 12.7 Å². The Morgan fingerprint density at radius 1 is 1.78 bits per heavy atom. The van der Waals surface area contributed by atoms with Gasteiger partial charge in [-0.3, -0.25) is 4.79 Å². The summed E-state index contributed by atoms with van der Waals surface area (Å²) in [5.74, 6) is -3.20. The van der Waals surface area contributed by atoms with Crippen LogP contribution in [-0.2, 0) is 9.53 Å². The summed E-state index contributed by atoms with van der Waals surface area (Å²) in [7, 11) is 0. The standard InChI is InChI=1S/C5H6O4/c1-5(8)4(7)3(6)2-9-5/h2,6,8H,1H3/t5-/m0/s1. The smallest absolute Gasteiger partial charge is 0.272 e. The molecule has 0 radical (unpaired) electrons. The highest BCUT2D eigenvalue weighted by molar-refractivity contribution is 5.99. The molecule has 1 aliphatic heterocycles. The van der Waals surface area contributed by atoms with E-state index in [1.54, 1.807) is 0 Å². The van der Waals surface area contributed by atoms with Crippen LogP contribution in [0.25, 0.3) is 0 Å². The molecule has 0 spiro atoms. The van der Waals surface area contributed by atoms with E-state index in [1.165, 1.54) is 0 Å². The number of aliphatic hydroxyl groups excluding tert-OH is 1. The molecule has 0 aromatic heterocycles. The van der Waals surface area contributed by atoms with E-state index < -0.39 is 17.3 Å². The molecule has 0 saturated carbocycles. The number of hydrogen-bond acceptors (Lipinski definition) is 4. The third-order valence-corrected chi connectivity index (χ3v) is 1.05. The molecule has 9 heavy (non-hydrogen) atoms. The fourth-order valence-electron chi connectivity index (χ4n) is 0.515. The van der Waals surface area contributed by atoms with Crippen LogP contribution in [0, 0.1) is 0 Å². The molecule has 1 atom stereocenters. The summed E-state index contributed by atoms with van der Waals surface area (Å²) >= 11 is 0. The second-order valence-corrected chi connectivity index (χ2v) is 1.93. The minimum atomic E-state index is -1.86. The molecule has 0 saturated heterocycles. The van der Waals surface area contributed by atoms with E-state index >= 15 is 0 Å². The van der Waals surface area contributed by atoms with Gasteiger partial charge in [-0.1, -0.05) is 0 Å². The average Bonchev–Trinajstić information content (AvgIpc) is 1.97. The number of ether oxygens (including phenoxy) is 1. The third kappa shape index (κ3) is 0.768. The van der Waals surface area contributed by atoms with Crippen LogP contribution < -0.4 is 0 Å². The van der Waals surface area contributed by atoms with Gasteiger partial charge in [0, 0.05) is 6.92 Å². The molecule has 4 nitrogen and oxygen atoms in total. The molecular formula is C5H6O4. The van der Waals surface area contributed by atoms with Crippen molar-refractivity contribution in [3.63, 3.8) is 0 Å². The molecule has 2 N–H and O–H groups in total. The summed E-state index contributed by atoms with van der Waals surface area (Å²) < 4.78 is 4.36. The maximum absolute atomic E-state index is 10.5. The van der Waals surface area contributed by atoms with Crippen LogP contribution in [0.5, 0.6) is 0 Å². The van der Waals surface area contributed by atoms with Crippen LogP contribution in [0.2, 0.25) is 0 Å². The Morgan fingerprint density at radius 3 is 2.44 bits per heavy atom. The van der Waals surface area contributed by atoms with Gasteiger partial charge in [-0.15, -0.1) is 0 Å². The van der Waals surface area contributed by atoms with Crippen molar-refractivity contribution >= 4 is 5.78 Å². The number of rotatable bonds is 0. The van der Waals surface area contributed by atoms with E-state index in [9.17, 15) is 4.79 Å². The summed E-state index contributed by atoms with van der Waals surface area (Å²) in [6, 6.07) is 0. The zero-order chi connectivity index (χ0) is 7.07. The summed E-state index contributed by atoms with van der Waals surface area (Å²) in [6.45, 7) is 1.16. The quantitative estimate of drug-likeness (QED) is 0.472. The van der Waals surface area contributed by atoms with Crippen LogP contribution in [0.4, 0.5) is 0 Å². The zero-order valence-corrected chi connectivity index (χ0v) is 4.79. The van der Waals surface area contributed by atoms with Gasteiger partial charge in [-0.2, -0.15) is 0 Å². The van der Waals surface area contributed by atoms with Gasteiger partial charge in [0.2, 0.25) is 5.76 Å². The van der Waals surface area contributed by atoms with Crippen LogP contribution in [0.3, 0.4) is 0 Å². The van der Waals surface area contributed by atoms with Gasteiger partial charge in [-0.25, -0.2) is 0 Å². The van der Waals surface area contributed by atoms with Crippen molar-refractivity contribution in [1.82, 2.24) is 0 Å². The molecule has 1 rings (SSSR count). The summed E-state index contributed by atoms with van der Waals surface area (Å²) in [5, 5.41) is 17.4. The molecular weight excluding hydrogens is 124 g/mol. The first-order chi connectivity index (χ1) is 4.04. The lowest BCUT2D eigenvalue weighted by Crippen LogP contribution is -2.32. The third-order valence-electron chi connectivity index (χ3n) is 1.05. The van der Waals surface area contributed by atoms with Crippen molar-refractivity contribution in [2.24, 2.45) is 0 Å². The van der Waals surface area contributed by atoms with E-state index in [1.807, 2.05) is 0 Å². The highest BCUT2D eigenvalue weighted by Crippen LogP contribution is 2.19. The number of Topliss-reactive ketones (excluding diaryl/α,β-unsaturated/α-hetero) is 1. The van der Waals surface area contributed by atoms with Gasteiger partial charge < -0.3 is 14.9 Å². The minimum absolute atomic E-state index is 0.542. The Labute approximate surface area is 51.4 Å². The number of carbonyl (C=O) groups excluding carboxylic acids is 1. The second kappa shape index (κ2) is 1.48. The van der Waals surface area contributed by atoms with Crippen LogP contribution in [0.15, 0.2) is 12.0 Å². The lowest BCUT2D eigenvalue weighted by atomic mass is 10.2. The molecule has 0 aromatic carbocycles. The monoisotopic (exact) mass is 130 g/mol. The Hall–Kier alpha value is -1.03. The highest BCUT2D eigenvalue weighted by Gasteiger charge is 2.39. The minimum Gasteiger partial charge on any atom is -0.502 e. The molecule has 0 bridgehead atoms. The molecule has 0 amide bonds. The second-order valence-electron chi connectivity index (χ2n) is 1.93. The molecule has 4 heteroatoms. The topological polar surface area (TPSA) is 66.8 Å². The first-order valence-corrected chi connectivity index (χ1v) is 2.38. The normalized spacial score (nSPS) is 34.0. The fraction of sp³-hybridized carbons (Fsp3) is 0.400. The largest absolute Gasteiger partial charge is 0.502 e. The van der Waals surface area contributed by atoms with Crippen LogP contribution >= 0.6 is 0 Å². The van der Waals surface area contributed by atoms with Crippen molar-refractivity contribution in [3.8, 4) is 0 Å². The molecule has 1 heterocycles. The van der Waals surface area contributed by atoms with Crippen molar-refractivity contribution in [3.05, 3.63) is 12.0 Å². The maximum Gasteiger partial charge on any atom is 0.272 e. The van der Waals surface area contributed by atoms with E-state index in [0.717, 1.165) is 13.2 Å². The molecule has 50 valence electrons. The highest BCUT2D eigenvalue weighted by atomic mass is 16.6. The lowest BCUT2D eigenvalue weighted by molar-refractivity contribution is -0.167. The van der Waals surface area contributed by atoms with Crippen molar-refractivity contribution < 1.29 is 19.7 Å². The average molecular weight is 130 g/mol. The van der Waals surface area contributed by atoms with Crippen molar-refractivity contribution in [2.75, 3.05) is 0 Å². The number of carbonyl (C=O) groups is 1. The van der Waals surface area contributed by atoms with E-state index in [4.69, 9.17) is 10.2 Å². The van der Waals surface area contributed by atoms with E-state index in [2.05, 4.69) is 4.74 Å². The lowest BCUT2D eigenvalue weighted by Gasteiger charge is -2.11. The van der Waals surface area contributed by atoms with E-state index in [-0.39, 0.29) is 0 Å². The first-order valence-electron chi connectivity index (χ1n) is 2.38. The molecule has 0 aromatic rings. The number of hydrogen-bond donors (Lipinski definition) is 2. The fourth-order valence-corrected chi connectivity index (χ4v) is 0.515. The predicted octanol–water partition coefficient (Wildman–Crippen LogP) is -0.306. The first kappa shape index (κ1) is 6.10. The molecule has 0 aliphatic carbocycles. The van der Waals surface area contributed by atoms with E-state index in [0.29, 0.717) is 0 Å². The SMILES string of the molecule is C[C@]1(O)OC=C(O)C1=O. The van der Waals surface area contributed by atoms with Gasteiger partial charge in [-0.05, 0) is 0 Å². The Kier molecular flexibility index (Phi) is 1.00. The van der Waals surface area contributed by atoms with Gasteiger partial charge >= 0.3 is 0 Å². The predicted molar refractivity (Wildman–Crippen MR) is 27.4 cm³/mol. The van der Waals surface area contributed by atoms with Gasteiger partial charge in [0.1, 0.15) is 6.26 Å². The van der Waals surface area contributed by atoms with Gasteiger partial charge in [0.05, 0.1) is 0 Å². The van der Waals surface area contributed by atoms with Crippen LogP contribution in [0.1, 0.15) is 6.92 Å². The van der Waals surface area contributed by atoms with Crippen LogP contribution in [-0.4, -0.2) is 21.8 Å². The molecule has 0 unspecified atom stereocenters. The van der Waals surface area contributed by atoms with Gasteiger partial charge in [0.25, 0.3) is 11.6 Å². The van der Waals surface area contributed by atoms with Gasteiger partial charge in [0.15, 0.2) is 0 Å². The summed E-state index contributed by atoms with van der Waals surface area (Å²) in [6.07, 6.45) is 0.822.